The standard InChI is InChI=1S/C21H18N2O5S/c1-29(24,25)28-20-16(21(22)23)9-8-15-4-2-3-14(19(15)20)7-5-13-6-10-17-18(11-13)27-12-26-17/h2-11H,12H2,1H3,(H3,22,23)/b7-5+. The fraction of sp³-hybridized carbons (Fsp3) is 0.0952. The van der Waals surface area contributed by atoms with E-state index >= 15 is 0 Å². The van der Waals surface area contributed by atoms with Crippen LogP contribution in [0.5, 0.6) is 17.2 Å². The van der Waals surface area contributed by atoms with Gasteiger partial charge in [-0.15, -0.1) is 0 Å². The van der Waals surface area contributed by atoms with Gasteiger partial charge < -0.3 is 19.4 Å². The molecule has 148 valence electrons. The molecule has 0 amide bonds. The highest BCUT2D eigenvalue weighted by Gasteiger charge is 2.18. The summed E-state index contributed by atoms with van der Waals surface area (Å²) in [4.78, 5) is 0. The van der Waals surface area contributed by atoms with E-state index in [1.165, 1.54) is 0 Å². The van der Waals surface area contributed by atoms with Crippen molar-refractivity contribution in [3.8, 4) is 17.2 Å². The van der Waals surface area contributed by atoms with E-state index in [0.29, 0.717) is 16.9 Å². The van der Waals surface area contributed by atoms with Crippen LogP contribution in [0.15, 0.2) is 48.5 Å². The molecule has 4 rings (SSSR count). The third-order valence-corrected chi connectivity index (χ3v) is 4.88. The molecule has 0 bridgehead atoms. The summed E-state index contributed by atoms with van der Waals surface area (Å²) in [7, 11) is -3.82. The Morgan fingerprint density at radius 2 is 1.90 bits per heavy atom. The molecule has 1 aliphatic rings. The molecule has 3 aromatic rings. The Morgan fingerprint density at radius 1 is 1.10 bits per heavy atom. The summed E-state index contributed by atoms with van der Waals surface area (Å²) < 4.78 is 39.6. The monoisotopic (exact) mass is 410 g/mol. The molecule has 0 aromatic heterocycles. The summed E-state index contributed by atoms with van der Waals surface area (Å²) in [5.74, 6) is 1.14. The van der Waals surface area contributed by atoms with Crippen molar-refractivity contribution in [2.24, 2.45) is 5.73 Å². The fourth-order valence-corrected chi connectivity index (χ4v) is 3.64. The lowest BCUT2D eigenvalue weighted by atomic mass is 9.99. The van der Waals surface area contributed by atoms with Gasteiger partial charge in [-0.2, -0.15) is 8.42 Å². The van der Waals surface area contributed by atoms with Crippen LogP contribution in [-0.4, -0.2) is 27.3 Å². The highest BCUT2D eigenvalue weighted by Crippen LogP contribution is 2.36. The first-order valence-corrected chi connectivity index (χ1v) is 10.5. The number of ether oxygens (including phenoxy) is 2. The number of hydrogen-bond acceptors (Lipinski definition) is 6. The Bertz CT molecular complexity index is 1270. The number of benzene rings is 3. The Morgan fingerprint density at radius 3 is 2.66 bits per heavy atom. The van der Waals surface area contributed by atoms with Crippen molar-refractivity contribution < 1.29 is 22.1 Å². The highest BCUT2D eigenvalue weighted by atomic mass is 32.2. The van der Waals surface area contributed by atoms with Crippen LogP contribution in [0, 0.1) is 5.41 Å². The number of nitrogen functional groups attached to an aromatic ring is 1. The van der Waals surface area contributed by atoms with E-state index in [-0.39, 0.29) is 23.9 Å². The van der Waals surface area contributed by atoms with Gasteiger partial charge in [-0.1, -0.05) is 42.5 Å². The van der Waals surface area contributed by atoms with Crippen molar-refractivity contribution in [2.75, 3.05) is 13.0 Å². The first kappa shape index (κ1) is 18.8. The molecule has 0 spiro atoms. The van der Waals surface area contributed by atoms with Gasteiger partial charge in [0.2, 0.25) is 6.79 Å². The maximum atomic E-state index is 11.8. The molecule has 8 heteroatoms. The first-order chi connectivity index (χ1) is 13.8. The van der Waals surface area contributed by atoms with Crippen LogP contribution in [0.25, 0.3) is 22.9 Å². The van der Waals surface area contributed by atoms with Gasteiger partial charge in [-0.05, 0) is 34.7 Å². The molecule has 0 aliphatic carbocycles. The molecule has 0 fully saturated rings. The second-order valence-electron chi connectivity index (χ2n) is 6.53. The number of nitrogens with one attached hydrogen (secondary N) is 1. The van der Waals surface area contributed by atoms with Crippen LogP contribution in [0.4, 0.5) is 0 Å². The average molecular weight is 410 g/mol. The van der Waals surface area contributed by atoms with Gasteiger partial charge in [0.25, 0.3) is 0 Å². The SMILES string of the molecule is CS(=O)(=O)Oc1c(C(=N)N)ccc2cccc(/C=C/c3ccc4c(c3)OCO4)c12. The second kappa shape index (κ2) is 7.14. The van der Waals surface area contributed by atoms with Crippen LogP contribution in [0.1, 0.15) is 16.7 Å². The maximum Gasteiger partial charge on any atom is 0.306 e. The summed E-state index contributed by atoms with van der Waals surface area (Å²) in [6, 6.07) is 14.5. The minimum Gasteiger partial charge on any atom is -0.454 e. The molecule has 7 nitrogen and oxygen atoms in total. The van der Waals surface area contributed by atoms with Gasteiger partial charge in [0.15, 0.2) is 17.2 Å². The highest BCUT2D eigenvalue weighted by molar-refractivity contribution is 7.86. The van der Waals surface area contributed by atoms with Gasteiger partial charge in [0, 0.05) is 5.39 Å². The van der Waals surface area contributed by atoms with Gasteiger partial charge in [-0.3, -0.25) is 5.41 Å². The number of rotatable bonds is 5. The topological polar surface area (TPSA) is 112 Å². The van der Waals surface area contributed by atoms with Crippen molar-refractivity contribution in [3.05, 3.63) is 65.2 Å². The van der Waals surface area contributed by atoms with Crippen molar-refractivity contribution in [2.45, 2.75) is 0 Å². The van der Waals surface area contributed by atoms with E-state index in [4.69, 9.17) is 24.8 Å². The lowest BCUT2D eigenvalue weighted by Gasteiger charge is -2.14. The van der Waals surface area contributed by atoms with Crippen molar-refractivity contribution in [3.63, 3.8) is 0 Å². The normalized spacial score (nSPS) is 13.1. The molecule has 0 saturated carbocycles. The zero-order valence-electron chi connectivity index (χ0n) is 15.5. The van der Waals surface area contributed by atoms with Crippen molar-refractivity contribution in [1.82, 2.24) is 0 Å². The molecule has 0 radical (unpaired) electrons. The molecule has 1 aliphatic heterocycles. The van der Waals surface area contributed by atoms with Crippen LogP contribution >= 0.6 is 0 Å². The Labute approximate surface area is 167 Å². The predicted octanol–water partition coefficient (Wildman–Crippen LogP) is 3.36. The predicted molar refractivity (Wildman–Crippen MR) is 112 cm³/mol. The number of nitrogens with two attached hydrogens (primary N) is 1. The molecule has 0 unspecified atom stereocenters. The quantitative estimate of drug-likeness (QED) is 0.289. The zero-order chi connectivity index (χ0) is 20.6. The minimum atomic E-state index is -3.82. The lowest BCUT2D eigenvalue weighted by Crippen LogP contribution is -2.16. The average Bonchev–Trinajstić information content (AvgIpc) is 3.12. The van der Waals surface area contributed by atoms with Crippen molar-refractivity contribution in [1.29, 1.82) is 5.41 Å². The summed E-state index contributed by atoms with van der Waals surface area (Å²) in [6.07, 6.45) is 4.68. The molecule has 3 N–H and O–H groups in total. The van der Waals surface area contributed by atoms with E-state index in [0.717, 1.165) is 22.8 Å². The van der Waals surface area contributed by atoms with E-state index < -0.39 is 10.1 Å². The molecular weight excluding hydrogens is 392 g/mol. The molecule has 1 heterocycles. The molecular formula is C21H18N2O5S. The number of hydrogen-bond donors (Lipinski definition) is 2. The molecule has 0 atom stereocenters. The molecule has 0 saturated heterocycles. The van der Waals surface area contributed by atoms with Crippen LogP contribution in [0.2, 0.25) is 0 Å². The van der Waals surface area contributed by atoms with E-state index in [9.17, 15) is 8.42 Å². The molecule has 3 aromatic carbocycles. The summed E-state index contributed by atoms with van der Waals surface area (Å²) in [6.45, 7) is 0.200. The fourth-order valence-electron chi connectivity index (χ4n) is 3.17. The number of fused-ring (bicyclic) bond motifs is 2. The maximum absolute atomic E-state index is 11.8. The Kier molecular flexibility index (Phi) is 4.63. The third-order valence-electron chi connectivity index (χ3n) is 4.41. The smallest absolute Gasteiger partial charge is 0.306 e. The Balaban J connectivity index is 1.86. The van der Waals surface area contributed by atoms with E-state index in [1.807, 2.05) is 48.6 Å². The van der Waals surface area contributed by atoms with Crippen LogP contribution < -0.4 is 19.4 Å². The van der Waals surface area contributed by atoms with Crippen molar-refractivity contribution >= 4 is 38.9 Å². The number of amidine groups is 1. The van der Waals surface area contributed by atoms with Crippen LogP contribution in [0.3, 0.4) is 0 Å². The van der Waals surface area contributed by atoms with E-state index in [2.05, 4.69) is 0 Å². The summed E-state index contributed by atoms with van der Waals surface area (Å²) in [5, 5.41) is 9.12. The van der Waals surface area contributed by atoms with Gasteiger partial charge in [0.1, 0.15) is 5.84 Å². The second-order valence-corrected chi connectivity index (χ2v) is 8.11. The molecule has 29 heavy (non-hydrogen) atoms. The van der Waals surface area contributed by atoms with Gasteiger partial charge >= 0.3 is 10.1 Å². The van der Waals surface area contributed by atoms with E-state index in [1.54, 1.807) is 12.1 Å². The third kappa shape index (κ3) is 3.88. The lowest BCUT2D eigenvalue weighted by molar-refractivity contribution is 0.174. The minimum absolute atomic E-state index is 0.0448. The largest absolute Gasteiger partial charge is 0.454 e. The van der Waals surface area contributed by atoms with Crippen LogP contribution in [-0.2, 0) is 10.1 Å². The first-order valence-electron chi connectivity index (χ1n) is 8.69. The Hall–Kier alpha value is -3.52. The van der Waals surface area contributed by atoms with Gasteiger partial charge in [0.05, 0.1) is 11.8 Å². The zero-order valence-corrected chi connectivity index (χ0v) is 16.3. The van der Waals surface area contributed by atoms with Gasteiger partial charge in [-0.25, -0.2) is 0 Å². The summed E-state index contributed by atoms with van der Waals surface area (Å²) >= 11 is 0. The summed E-state index contributed by atoms with van der Waals surface area (Å²) in [5.41, 5.74) is 7.48.